The highest BCUT2D eigenvalue weighted by atomic mass is 127. The van der Waals surface area contributed by atoms with Crippen LogP contribution in [0.25, 0.3) is 0 Å². The highest BCUT2D eigenvalue weighted by molar-refractivity contribution is 5.30. The Bertz CT molecular complexity index is 701. The summed E-state index contributed by atoms with van der Waals surface area (Å²) in [6.45, 7) is 3.97. The third kappa shape index (κ3) is 3.44. The van der Waals surface area contributed by atoms with Crippen LogP contribution < -0.4 is 25.9 Å². The summed E-state index contributed by atoms with van der Waals surface area (Å²) in [5, 5.41) is 4.01. The molecule has 0 aliphatic carbocycles. The van der Waals surface area contributed by atoms with Crippen molar-refractivity contribution in [3.8, 4) is 11.5 Å². The summed E-state index contributed by atoms with van der Waals surface area (Å²) in [6.07, 6.45) is 0. The van der Waals surface area contributed by atoms with Crippen molar-refractivity contribution in [3.63, 3.8) is 0 Å². The van der Waals surface area contributed by atoms with Gasteiger partial charge < -0.3 is 9.26 Å². The maximum absolute atomic E-state index is 5.80. The van der Waals surface area contributed by atoms with E-state index in [9.17, 15) is 0 Å². The lowest BCUT2D eigenvalue weighted by atomic mass is 10.3. The van der Waals surface area contributed by atoms with Crippen LogP contribution >= 0.6 is 0 Å². The molecular formula is C17H15INO2+. The Hall–Kier alpha value is -1.82. The van der Waals surface area contributed by atoms with Crippen LogP contribution in [0.4, 0.5) is 0 Å². The molecule has 0 radical (unpaired) electrons. The van der Waals surface area contributed by atoms with Crippen molar-refractivity contribution in [2.45, 2.75) is 13.8 Å². The number of hydrogen-bond donors (Lipinski definition) is 0. The zero-order valence-corrected chi connectivity index (χ0v) is 14.0. The Morgan fingerprint density at radius 2 is 1.57 bits per heavy atom. The highest BCUT2D eigenvalue weighted by Gasteiger charge is 2.25. The summed E-state index contributed by atoms with van der Waals surface area (Å²) in [7, 11) is 0. The van der Waals surface area contributed by atoms with Crippen molar-refractivity contribution in [2.24, 2.45) is 0 Å². The first kappa shape index (κ1) is 14.1. The summed E-state index contributed by atoms with van der Waals surface area (Å²) < 4.78 is 13.6. The number of aromatic nitrogens is 1. The van der Waals surface area contributed by atoms with Crippen LogP contribution in [-0.4, -0.2) is 5.16 Å². The molecule has 3 rings (SSSR count). The Labute approximate surface area is 134 Å². The smallest absolute Gasteiger partial charge is 0.363 e. The van der Waals surface area contributed by atoms with Crippen molar-refractivity contribution in [1.29, 1.82) is 0 Å². The standard InChI is InChI=1S/C17H15INO2/c1-12-17(13(2)21-19-12)18-14-8-10-16(11-9-14)20-15-6-4-3-5-7-15/h3-11H,1-2H3/q+1. The van der Waals surface area contributed by atoms with Crippen molar-refractivity contribution >= 4 is 0 Å². The van der Waals surface area contributed by atoms with E-state index < -0.39 is 0 Å². The Morgan fingerprint density at radius 3 is 2.19 bits per heavy atom. The SMILES string of the molecule is Cc1noc(C)c1[I+]c1ccc(Oc2ccccc2)cc1. The molecule has 3 aromatic rings. The van der Waals surface area contributed by atoms with Gasteiger partial charge in [-0.3, -0.25) is 0 Å². The molecule has 0 unspecified atom stereocenters. The molecule has 0 N–H and O–H groups in total. The van der Waals surface area contributed by atoms with E-state index in [1.165, 1.54) is 7.14 Å². The zero-order chi connectivity index (χ0) is 14.7. The summed E-state index contributed by atoms with van der Waals surface area (Å²) in [4.78, 5) is 0. The Morgan fingerprint density at radius 1 is 0.905 bits per heavy atom. The molecule has 0 aliphatic rings. The number of halogens is 1. The van der Waals surface area contributed by atoms with Gasteiger partial charge in [-0.25, -0.2) is 0 Å². The first-order valence-corrected chi connectivity index (χ1v) is 8.79. The summed E-state index contributed by atoms with van der Waals surface area (Å²) >= 11 is -0.262. The number of para-hydroxylation sites is 1. The molecule has 0 amide bonds. The van der Waals surface area contributed by atoms with Crippen LogP contribution in [0.3, 0.4) is 0 Å². The molecule has 0 fully saturated rings. The fraction of sp³-hybridized carbons (Fsp3) is 0.118. The molecule has 0 saturated carbocycles. The maximum atomic E-state index is 5.80. The summed E-state index contributed by atoms with van der Waals surface area (Å²) in [5.41, 5.74) is 1.00. The molecule has 21 heavy (non-hydrogen) atoms. The highest BCUT2D eigenvalue weighted by Crippen LogP contribution is 2.19. The molecule has 3 nitrogen and oxygen atoms in total. The monoisotopic (exact) mass is 392 g/mol. The van der Waals surface area contributed by atoms with Gasteiger partial charge in [-0.2, -0.15) is 0 Å². The minimum Gasteiger partial charge on any atom is -0.457 e. The number of aryl methyl sites for hydroxylation is 2. The summed E-state index contributed by atoms with van der Waals surface area (Å²) in [6, 6.07) is 18.1. The fourth-order valence-corrected chi connectivity index (χ4v) is 4.22. The van der Waals surface area contributed by atoms with Gasteiger partial charge in [-0.15, -0.1) is 0 Å². The number of ether oxygens (including phenoxy) is 1. The minimum atomic E-state index is -0.262. The van der Waals surface area contributed by atoms with Crippen molar-refractivity contribution in [3.05, 3.63) is 73.2 Å². The van der Waals surface area contributed by atoms with Gasteiger partial charge in [0.2, 0.25) is 0 Å². The van der Waals surface area contributed by atoms with Gasteiger partial charge in [0.25, 0.3) is 3.57 Å². The van der Waals surface area contributed by atoms with E-state index in [0.717, 1.165) is 23.0 Å². The van der Waals surface area contributed by atoms with Gasteiger partial charge in [0, 0.05) is 6.92 Å². The van der Waals surface area contributed by atoms with E-state index in [1.54, 1.807) is 0 Å². The number of rotatable bonds is 4. The van der Waals surface area contributed by atoms with Crippen LogP contribution in [-0.2, 0) is 0 Å². The Balaban J connectivity index is 1.72. The van der Waals surface area contributed by atoms with Crippen LogP contribution in [0.5, 0.6) is 11.5 Å². The first-order chi connectivity index (χ1) is 10.2. The average Bonchev–Trinajstić information content (AvgIpc) is 2.82. The van der Waals surface area contributed by atoms with Gasteiger partial charge >= 0.3 is 21.2 Å². The van der Waals surface area contributed by atoms with Crippen molar-refractivity contribution < 1.29 is 30.5 Å². The predicted octanol–water partition coefficient (Wildman–Crippen LogP) is 1.21. The van der Waals surface area contributed by atoms with Crippen LogP contribution in [0.15, 0.2) is 59.1 Å². The van der Waals surface area contributed by atoms with E-state index in [0.29, 0.717) is 0 Å². The zero-order valence-electron chi connectivity index (χ0n) is 11.8. The van der Waals surface area contributed by atoms with Crippen LogP contribution in [0.1, 0.15) is 11.5 Å². The summed E-state index contributed by atoms with van der Waals surface area (Å²) in [5.74, 6) is 2.64. The molecule has 0 spiro atoms. The van der Waals surface area contributed by atoms with Gasteiger partial charge in [-0.05, 0) is 43.3 Å². The molecule has 2 aromatic carbocycles. The number of nitrogens with zero attached hydrogens (tertiary/aromatic N) is 1. The Kier molecular flexibility index (Phi) is 4.24. The van der Waals surface area contributed by atoms with E-state index in [2.05, 4.69) is 17.3 Å². The maximum Gasteiger partial charge on any atom is 0.363 e. The lowest BCUT2D eigenvalue weighted by molar-refractivity contribution is -0.599. The molecule has 0 atom stereocenters. The van der Waals surface area contributed by atoms with E-state index in [4.69, 9.17) is 9.26 Å². The van der Waals surface area contributed by atoms with Gasteiger partial charge in [-0.1, -0.05) is 23.4 Å². The molecule has 0 bridgehead atoms. The second-order valence-corrected chi connectivity index (χ2v) is 7.47. The van der Waals surface area contributed by atoms with Gasteiger partial charge in [0.1, 0.15) is 17.2 Å². The molecule has 4 heteroatoms. The molecule has 0 saturated heterocycles. The molecular weight excluding hydrogens is 377 g/mol. The number of benzene rings is 2. The molecule has 1 heterocycles. The first-order valence-electron chi connectivity index (χ1n) is 6.63. The number of hydrogen-bond acceptors (Lipinski definition) is 3. The topological polar surface area (TPSA) is 35.3 Å². The van der Waals surface area contributed by atoms with Gasteiger partial charge in [0.15, 0.2) is 9.33 Å². The fourth-order valence-electron chi connectivity index (χ4n) is 1.91. The average molecular weight is 392 g/mol. The predicted molar refractivity (Wildman–Crippen MR) is 76.3 cm³/mol. The normalized spacial score (nSPS) is 10.6. The lowest BCUT2D eigenvalue weighted by Crippen LogP contribution is -3.61. The van der Waals surface area contributed by atoms with Gasteiger partial charge in [0.05, 0.1) is 0 Å². The molecule has 1 aromatic heterocycles. The van der Waals surface area contributed by atoms with E-state index in [1.807, 2.05) is 56.3 Å². The quantitative estimate of drug-likeness (QED) is 0.627. The third-order valence-electron chi connectivity index (χ3n) is 2.94. The largest absolute Gasteiger partial charge is 0.457 e. The second kappa shape index (κ2) is 6.30. The van der Waals surface area contributed by atoms with Crippen LogP contribution in [0.2, 0.25) is 0 Å². The second-order valence-electron chi connectivity index (χ2n) is 4.60. The third-order valence-corrected chi connectivity index (χ3v) is 6.36. The minimum absolute atomic E-state index is 0.262. The van der Waals surface area contributed by atoms with E-state index in [-0.39, 0.29) is 21.2 Å². The lowest BCUT2D eigenvalue weighted by Gasteiger charge is -2.03. The molecule has 0 aliphatic heterocycles. The van der Waals surface area contributed by atoms with Crippen molar-refractivity contribution in [1.82, 2.24) is 5.16 Å². The van der Waals surface area contributed by atoms with Crippen molar-refractivity contribution in [2.75, 3.05) is 0 Å². The van der Waals surface area contributed by atoms with E-state index >= 15 is 0 Å². The van der Waals surface area contributed by atoms with Crippen LogP contribution in [0, 0.1) is 21.0 Å². The molecule has 106 valence electrons.